The van der Waals surface area contributed by atoms with Crippen molar-refractivity contribution in [1.29, 1.82) is 0 Å². The summed E-state index contributed by atoms with van der Waals surface area (Å²) in [7, 11) is 0. The Morgan fingerprint density at radius 1 is 1.19 bits per heavy atom. The van der Waals surface area contributed by atoms with Crippen LogP contribution >= 0.6 is 0 Å². The SMILES string of the molecule is Cc1cccc2cc(Cn3nc(-c4cn[nH]c4)c4c(N)ncnc43)nc(OC(C)C)c12. The molecule has 0 aliphatic rings. The molecule has 9 nitrogen and oxygen atoms in total. The zero-order chi connectivity index (χ0) is 21.5. The predicted octanol–water partition coefficient (Wildman–Crippen LogP) is 3.49. The van der Waals surface area contributed by atoms with Crippen LogP contribution in [0.5, 0.6) is 5.88 Å². The lowest BCUT2D eigenvalue weighted by atomic mass is 10.1. The summed E-state index contributed by atoms with van der Waals surface area (Å²) in [6.45, 7) is 6.46. The lowest BCUT2D eigenvalue weighted by Crippen LogP contribution is -2.10. The van der Waals surface area contributed by atoms with E-state index < -0.39 is 0 Å². The van der Waals surface area contributed by atoms with Crippen molar-refractivity contribution in [2.45, 2.75) is 33.4 Å². The molecule has 0 bridgehead atoms. The zero-order valence-electron chi connectivity index (χ0n) is 17.5. The summed E-state index contributed by atoms with van der Waals surface area (Å²) in [5.41, 5.74) is 10.2. The molecule has 0 unspecified atom stereocenters. The number of aryl methyl sites for hydroxylation is 1. The van der Waals surface area contributed by atoms with E-state index in [-0.39, 0.29) is 6.10 Å². The maximum Gasteiger partial charge on any atom is 0.222 e. The van der Waals surface area contributed by atoms with E-state index in [9.17, 15) is 0 Å². The van der Waals surface area contributed by atoms with E-state index in [1.165, 1.54) is 6.33 Å². The molecule has 0 atom stereocenters. The van der Waals surface area contributed by atoms with E-state index >= 15 is 0 Å². The summed E-state index contributed by atoms with van der Waals surface area (Å²) in [6, 6.07) is 8.23. The predicted molar refractivity (Wildman–Crippen MR) is 119 cm³/mol. The lowest BCUT2D eigenvalue weighted by Gasteiger charge is -2.15. The van der Waals surface area contributed by atoms with Gasteiger partial charge in [0.15, 0.2) is 5.65 Å². The van der Waals surface area contributed by atoms with Gasteiger partial charge >= 0.3 is 0 Å². The first-order valence-corrected chi connectivity index (χ1v) is 10.0. The second-order valence-electron chi connectivity index (χ2n) is 7.71. The van der Waals surface area contributed by atoms with Crippen LogP contribution < -0.4 is 10.5 Å². The van der Waals surface area contributed by atoms with E-state index in [1.54, 1.807) is 17.1 Å². The number of nitrogen functional groups attached to an aromatic ring is 1. The Bertz CT molecular complexity index is 1390. The standard InChI is InChI=1S/C22H22N8O/c1-12(2)31-22-17-13(3)5-4-6-14(17)7-16(28-22)10-30-21-18(20(23)24-11-25-21)19(29-30)15-8-26-27-9-15/h4-9,11-12H,10H2,1-3H3,(H,26,27)(H2,23,24,25). The zero-order valence-corrected chi connectivity index (χ0v) is 17.5. The van der Waals surface area contributed by atoms with Crippen LogP contribution in [0.2, 0.25) is 0 Å². The van der Waals surface area contributed by atoms with E-state index in [4.69, 9.17) is 20.6 Å². The molecule has 0 amide bonds. The maximum atomic E-state index is 6.17. The lowest BCUT2D eigenvalue weighted by molar-refractivity contribution is 0.235. The summed E-state index contributed by atoms with van der Waals surface area (Å²) in [5, 5.41) is 14.4. The van der Waals surface area contributed by atoms with Gasteiger partial charge in [-0.1, -0.05) is 18.2 Å². The van der Waals surface area contributed by atoms with Crippen LogP contribution in [0.15, 0.2) is 43.0 Å². The van der Waals surface area contributed by atoms with E-state index in [0.29, 0.717) is 35.0 Å². The molecule has 9 heteroatoms. The Hall–Kier alpha value is -4.01. The first-order valence-electron chi connectivity index (χ1n) is 10.0. The highest BCUT2D eigenvalue weighted by Gasteiger charge is 2.19. The minimum absolute atomic E-state index is 0.0105. The molecular weight excluding hydrogens is 392 g/mol. The van der Waals surface area contributed by atoms with Crippen LogP contribution in [-0.4, -0.2) is 41.0 Å². The Morgan fingerprint density at radius 3 is 2.84 bits per heavy atom. The normalized spacial score (nSPS) is 11.6. The Kier molecular flexibility index (Phi) is 4.50. The molecule has 0 spiro atoms. The van der Waals surface area contributed by atoms with E-state index in [2.05, 4.69) is 45.3 Å². The van der Waals surface area contributed by atoms with Crippen LogP contribution in [0.1, 0.15) is 25.1 Å². The highest BCUT2D eigenvalue weighted by atomic mass is 16.5. The van der Waals surface area contributed by atoms with Gasteiger partial charge in [0.25, 0.3) is 0 Å². The second kappa shape index (κ2) is 7.35. The smallest absolute Gasteiger partial charge is 0.222 e. The highest BCUT2D eigenvalue weighted by molar-refractivity contribution is 5.98. The summed E-state index contributed by atoms with van der Waals surface area (Å²) >= 11 is 0. The van der Waals surface area contributed by atoms with Gasteiger partial charge in [-0.15, -0.1) is 0 Å². The van der Waals surface area contributed by atoms with Gasteiger partial charge in [0.1, 0.15) is 17.8 Å². The van der Waals surface area contributed by atoms with Gasteiger partial charge in [-0.05, 0) is 37.8 Å². The quantitative estimate of drug-likeness (QED) is 0.451. The van der Waals surface area contributed by atoms with Gasteiger partial charge in [0.05, 0.1) is 29.9 Å². The third kappa shape index (κ3) is 3.33. The Balaban J connectivity index is 1.66. The fourth-order valence-corrected chi connectivity index (χ4v) is 3.77. The summed E-state index contributed by atoms with van der Waals surface area (Å²) in [6.07, 6.45) is 4.92. The second-order valence-corrected chi connectivity index (χ2v) is 7.71. The molecule has 0 fully saturated rings. The number of nitrogens with two attached hydrogens (primary N) is 1. The average Bonchev–Trinajstić information content (AvgIpc) is 3.36. The van der Waals surface area contributed by atoms with Crippen LogP contribution in [0.25, 0.3) is 33.1 Å². The fraction of sp³-hybridized carbons (Fsp3) is 0.227. The summed E-state index contributed by atoms with van der Waals surface area (Å²) in [5.74, 6) is 1.000. The van der Waals surface area contributed by atoms with Gasteiger partial charge in [0, 0.05) is 17.1 Å². The third-order valence-corrected chi connectivity index (χ3v) is 5.08. The number of hydrogen-bond acceptors (Lipinski definition) is 7. The molecule has 1 aromatic carbocycles. The number of aromatic amines is 1. The maximum absolute atomic E-state index is 6.17. The molecule has 0 saturated carbocycles. The van der Waals surface area contributed by atoms with Gasteiger partial charge in [-0.2, -0.15) is 10.2 Å². The Morgan fingerprint density at radius 2 is 2.06 bits per heavy atom. The summed E-state index contributed by atoms with van der Waals surface area (Å²) in [4.78, 5) is 13.4. The number of benzene rings is 1. The molecule has 31 heavy (non-hydrogen) atoms. The van der Waals surface area contributed by atoms with Crippen LogP contribution in [0.3, 0.4) is 0 Å². The van der Waals surface area contributed by atoms with E-state index in [1.807, 2.05) is 19.9 Å². The first-order chi connectivity index (χ1) is 15.0. The number of hydrogen-bond donors (Lipinski definition) is 2. The molecule has 3 N–H and O–H groups in total. The van der Waals surface area contributed by atoms with Crippen molar-refractivity contribution >= 4 is 27.6 Å². The number of pyridine rings is 1. The molecule has 5 rings (SSSR count). The van der Waals surface area contributed by atoms with Crippen molar-refractivity contribution in [2.75, 3.05) is 5.73 Å². The molecule has 0 saturated heterocycles. The monoisotopic (exact) mass is 414 g/mol. The van der Waals surface area contributed by atoms with Crippen molar-refractivity contribution in [1.82, 2.24) is 34.9 Å². The van der Waals surface area contributed by atoms with Gasteiger partial charge in [0.2, 0.25) is 5.88 Å². The molecule has 5 aromatic rings. The minimum atomic E-state index is 0.0105. The molecular formula is C22H22N8O. The minimum Gasteiger partial charge on any atom is -0.474 e. The number of ether oxygens (including phenoxy) is 1. The highest BCUT2D eigenvalue weighted by Crippen LogP contribution is 2.31. The average molecular weight is 414 g/mol. The number of fused-ring (bicyclic) bond motifs is 2. The van der Waals surface area contributed by atoms with Crippen molar-refractivity contribution < 1.29 is 4.74 Å². The first kappa shape index (κ1) is 19.0. The number of anilines is 1. The molecule has 156 valence electrons. The van der Waals surface area contributed by atoms with Gasteiger partial charge in [-0.25, -0.2) is 19.6 Å². The topological polar surface area (TPSA) is 120 Å². The molecule has 0 aliphatic heterocycles. The molecule has 4 aromatic heterocycles. The van der Waals surface area contributed by atoms with Crippen molar-refractivity contribution in [3.63, 3.8) is 0 Å². The van der Waals surface area contributed by atoms with Gasteiger partial charge in [-0.3, -0.25) is 5.10 Å². The number of nitrogens with one attached hydrogen (secondary N) is 1. The number of H-pyrrole nitrogens is 1. The largest absolute Gasteiger partial charge is 0.474 e. The number of nitrogens with zero attached hydrogens (tertiary/aromatic N) is 6. The third-order valence-electron chi connectivity index (χ3n) is 5.08. The van der Waals surface area contributed by atoms with Crippen LogP contribution in [0.4, 0.5) is 5.82 Å². The van der Waals surface area contributed by atoms with Gasteiger partial charge < -0.3 is 10.5 Å². The van der Waals surface area contributed by atoms with Crippen molar-refractivity contribution in [2.24, 2.45) is 0 Å². The molecule has 0 radical (unpaired) electrons. The molecule has 0 aliphatic carbocycles. The number of rotatable bonds is 5. The molecule has 4 heterocycles. The Labute approximate surface area is 178 Å². The van der Waals surface area contributed by atoms with Crippen LogP contribution in [0, 0.1) is 6.92 Å². The number of aromatic nitrogens is 7. The van der Waals surface area contributed by atoms with Crippen molar-refractivity contribution in [3.8, 4) is 17.1 Å². The fourth-order valence-electron chi connectivity index (χ4n) is 3.77. The van der Waals surface area contributed by atoms with E-state index in [0.717, 1.165) is 27.6 Å². The van der Waals surface area contributed by atoms with Crippen LogP contribution in [-0.2, 0) is 6.54 Å². The van der Waals surface area contributed by atoms with Crippen molar-refractivity contribution in [3.05, 3.63) is 54.2 Å². The summed E-state index contributed by atoms with van der Waals surface area (Å²) < 4.78 is 7.85.